The summed E-state index contributed by atoms with van der Waals surface area (Å²) >= 11 is 0. The molecule has 0 aromatic heterocycles. The van der Waals surface area contributed by atoms with E-state index in [0.29, 0.717) is 5.69 Å². The zero-order chi connectivity index (χ0) is 18.7. The number of methoxy groups -OCH3 is 1. The van der Waals surface area contributed by atoms with E-state index >= 15 is 0 Å². The van der Waals surface area contributed by atoms with E-state index in [2.05, 4.69) is 5.32 Å². The molecule has 0 radical (unpaired) electrons. The molecule has 6 nitrogen and oxygen atoms in total. The first-order valence-corrected chi connectivity index (χ1v) is 7.83. The molecule has 0 aliphatic carbocycles. The topological polar surface area (TPSA) is 90.6 Å². The average Bonchev–Trinajstić information content (AvgIpc) is 2.45. The van der Waals surface area contributed by atoms with Crippen LogP contribution >= 0.6 is 0 Å². The zero-order valence-electron chi connectivity index (χ0n) is 15.5. The molecular formula is C18H28N2O4. The molecule has 0 aliphatic rings. The van der Waals surface area contributed by atoms with Crippen LogP contribution < -0.4 is 11.1 Å². The van der Waals surface area contributed by atoms with Gasteiger partial charge in [0.2, 0.25) is 0 Å². The number of nitrogens with one attached hydrogen (secondary N) is 1. The van der Waals surface area contributed by atoms with E-state index in [9.17, 15) is 9.59 Å². The molecule has 0 heterocycles. The third kappa shape index (κ3) is 4.96. The van der Waals surface area contributed by atoms with E-state index in [1.165, 1.54) is 7.11 Å². The third-order valence-electron chi connectivity index (χ3n) is 3.85. The first kappa shape index (κ1) is 20.0. The first-order chi connectivity index (χ1) is 10.9. The number of nitrogens with two attached hydrogens (primary N) is 1. The van der Waals surface area contributed by atoms with Crippen LogP contribution in [-0.2, 0) is 19.7 Å². The van der Waals surface area contributed by atoms with Crippen molar-refractivity contribution in [1.82, 2.24) is 0 Å². The fraction of sp³-hybridized carbons (Fsp3) is 0.556. The second-order valence-electron chi connectivity index (χ2n) is 7.38. The maximum absolute atomic E-state index is 12.0. The Morgan fingerprint density at radius 2 is 1.75 bits per heavy atom. The van der Waals surface area contributed by atoms with Crippen molar-refractivity contribution in [3.05, 3.63) is 29.3 Å². The number of benzene rings is 1. The maximum Gasteiger partial charge on any atom is 0.412 e. The molecule has 0 spiro atoms. The molecule has 0 saturated carbocycles. The van der Waals surface area contributed by atoms with Crippen molar-refractivity contribution < 1.29 is 19.1 Å². The van der Waals surface area contributed by atoms with Gasteiger partial charge in [0.15, 0.2) is 0 Å². The molecule has 1 aromatic carbocycles. The number of rotatable bonds is 4. The third-order valence-corrected chi connectivity index (χ3v) is 3.85. The van der Waals surface area contributed by atoms with Gasteiger partial charge in [-0.15, -0.1) is 0 Å². The Morgan fingerprint density at radius 1 is 1.17 bits per heavy atom. The van der Waals surface area contributed by atoms with Crippen molar-refractivity contribution in [3.63, 3.8) is 0 Å². The van der Waals surface area contributed by atoms with Crippen molar-refractivity contribution in [3.8, 4) is 0 Å². The van der Waals surface area contributed by atoms with Crippen LogP contribution in [0.3, 0.4) is 0 Å². The number of hydrogen-bond acceptors (Lipinski definition) is 5. The highest BCUT2D eigenvalue weighted by Crippen LogP contribution is 2.30. The number of carbonyl (C=O) groups is 2. The molecule has 1 unspecified atom stereocenters. The molecule has 6 heteroatoms. The zero-order valence-corrected chi connectivity index (χ0v) is 15.5. The fourth-order valence-corrected chi connectivity index (χ4v) is 2.17. The predicted octanol–water partition coefficient (Wildman–Crippen LogP) is 3.12. The van der Waals surface area contributed by atoms with Crippen molar-refractivity contribution >= 4 is 17.7 Å². The number of esters is 1. The summed E-state index contributed by atoms with van der Waals surface area (Å²) < 4.78 is 10.0. The molecule has 0 fully saturated rings. The van der Waals surface area contributed by atoms with Crippen LogP contribution in [-0.4, -0.2) is 30.8 Å². The average molecular weight is 336 g/mol. The molecule has 1 amide bonds. The normalized spacial score (nSPS) is 13.2. The second-order valence-corrected chi connectivity index (χ2v) is 7.38. The van der Waals surface area contributed by atoms with Gasteiger partial charge in [0, 0.05) is 11.1 Å². The summed E-state index contributed by atoms with van der Waals surface area (Å²) in [5, 5.41) is 2.74. The van der Waals surface area contributed by atoms with Gasteiger partial charge >= 0.3 is 12.1 Å². The summed E-state index contributed by atoms with van der Waals surface area (Å²) in [7, 11) is 1.31. The largest absolute Gasteiger partial charge is 0.468 e. The molecule has 24 heavy (non-hydrogen) atoms. The minimum atomic E-state index is -0.820. The van der Waals surface area contributed by atoms with Crippen LogP contribution in [0.15, 0.2) is 18.2 Å². The molecular weight excluding hydrogens is 308 g/mol. The van der Waals surface area contributed by atoms with Gasteiger partial charge in [0.1, 0.15) is 11.6 Å². The lowest BCUT2D eigenvalue weighted by Crippen LogP contribution is -2.47. The van der Waals surface area contributed by atoms with E-state index in [-0.39, 0.29) is 0 Å². The predicted molar refractivity (Wildman–Crippen MR) is 94.1 cm³/mol. The van der Waals surface area contributed by atoms with Crippen LogP contribution in [0.25, 0.3) is 0 Å². The lowest BCUT2D eigenvalue weighted by Gasteiger charge is -2.31. The van der Waals surface area contributed by atoms with Crippen molar-refractivity contribution in [1.29, 1.82) is 0 Å². The van der Waals surface area contributed by atoms with Crippen LogP contribution in [0.1, 0.15) is 45.7 Å². The summed E-state index contributed by atoms with van der Waals surface area (Å²) in [6, 6.07) is 4.74. The Kier molecular flexibility index (Phi) is 6.00. The number of amides is 1. The quantitative estimate of drug-likeness (QED) is 0.824. The fourth-order valence-electron chi connectivity index (χ4n) is 2.17. The highest BCUT2D eigenvalue weighted by molar-refractivity contribution is 5.86. The van der Waals surface area contributed by atoms with Crippen LogP contribution in [0.2, 0.25) is 0 Å². The minimum absolute atomic E-state index is 0.484. The smallest absolute Gasteiger partial charge is 0.412 e. The Morgan fingerprint density at radius 3 is 2.25 bits per heavy atom. The number of hydrogen-bond donors (Lipinski definition) is 2. The summed E-state index contributed by atoms with van der Waals surface area (Å²) in [4.78, 5) is 23.8. The van der Waals surface area contributed by atoms with E-state index in [1.54, 1.807) is 20.8 Å². The van der Waals surface area contributed by atoms with Gasteiger partial charge in [0.05, 0.1) is 7.11 Å². The Labute approximate surface area is 143 Å². The van der Waals surface area contributed by atoms with Crippen LogP contribution in [0.4, 0.5) is 10.5 Å². The van der Waals surface area contributed by atoms with Gasteiger partial charge in [-0.2, -0.15) is 0 Å². The van der Waals surface area contributed by atoms with E-state index in [4.69, 9.17) is 15.2 Å². The Bertz CT molecular complexity index is 618. The van der Waals surface area contributed by atoms with Crippen LogP contribution in [0, 0.1) is 6.92 Å². The number of aryl methyl sites for hydroxylation is 1. The van der Waals surface area contributed by atoms with Gasteiger partial charge in [-0.25, -0.2) is 4.79 Å². The van der Waals surface area contributed by atoms with Crippen LogP contribution in [0.5, 0.6) is 0 Å². The molecule has 1 aromatic rings. The van der Waals surface area contributed by atoms with E-state index in [1.807, 2.05) is 39.0 Å². The molecule has 0 bridgehead atoms. The highest BCUT2D eigenvalue weighted by Gasteiger charge is 2.35. The molecule has 0 saturated heterocycles. The lowest BCUT2D eigenvalue weighted by molar-refractivity contribution is -0.143. The highest BCUT2D eigenvalue weighted by atomic mass is 16.6. The standard InChI is InChI=1S/C18H28N2O4/c1-11-8-9-12(18(5,6)14(19)15(21)23-7)10-13(11)20-16(22)24-17(2,3)4/h8-10,14H,19H2,1-7H3,(H,20,22). The van der Waals surface area contributed by atoms with Crippen molar-refractivity contribution in [2.24, 2.45) is 5.73 Å². The first-order valence-electron chi connectivity index (χ1n) is 7.83. The van der Waals surface area contributed by atoms with Gasteiger partial charge in [-0.3, -0.25) is 10.1 Å². The molecule has 0 aliphatic heterocycles. The molecule has 1 atom stereocenters. The SMILES string of the molecule is COC(=O)C(N)C(C)(C)c1ccc(C)c(NC(=O)OC(C)(C)C)c1. The Hall–Kier alpha value is -2.08. The van der Waals surface area contributed by atoms with Crippen molar-refractivity contribution in [2.75, 3.05) is 12.4 Å². The van der Waals surface area contributed by atoms with Gasteiger partial charge < -0.3 is 15.2 Å². The van der Waals surface area contributed by atoms with Gasteiger partial charge in [-0.05, 0) is 44.9 Å². The maximum atomic E-state index is 12.0. The Balaban J connectivity index is 3.09. The molecule has 1 rings (SSSR count). The lowest BCUT2D eigenvalue weighted by atomic mass is 9.77. The van der Waals surface area contributed by atoms with E-state index in [0.717, 1.165) is 11.1 Å². The second kappa shape index (κ2) is 7.21. The van der Waals surface area contributed by atoms with E-state index < -0.39 is 29.1 Å². The molecule has 134 valence electrons. The van der Waals surface area contributed by atoms with Crippen molar-refractivity contribution in [2.45, 2.75) is 58.6 Å². The van der Waals surface area contributed by atoms with Gasteiger partial charge in [0.25, 0.3) is 0 Å². The summed E-state index contributed by atoms with van der Waals surface area (Å²) in [5.41, 5.74) is 7.10. The number of carbonyl (C=O) groups excluding carboxylic acids is 2. The minimum Gasteiger partial charge on any atom is -0.468 e. The molecule has 3 N–H and O–H groups in total. The summed E-state index contributed by atoms with van der Waals surface area (Å²) in [6.45, 7) is 11.0. The van der Waals surface area contributed by atoms with Gasteiger partial charge in [-0.1, -0.05) is 26.0 Å². The number of anilines is 1. The number of ether oxygens (including phenoxy) is 2. The monoisotopic (exact) mass is 336 g/mol. The summed E-state index contributed by atoms with van der Waals surface area (Å²) in [6.07, 6.45) is -0.530. The summed E-state index contributed by atoms with van der Waals surface area (Å²) in [5.74, 6) is -0.484.